The number of nitrogens with two attached hydrogens (primary N) is 1. The number of aryl methyl sites for hydroxylation is 1. The van der Waals surface area contributed by atoms with Gasteiger partial charge in [0, 0.05) is 18.8 Å². The molecular formula is C15H25N3O. The normalized spacial score (nSPS) is 22.2. The highest BCUT2D eigenvalue weighted by Crippen LogP contribution is 2.35. The van der Waals surface area contributed by atoms with Crippen LogP contribution in [0.5, 0.6) is 0 Å². The summed E-state index contributed by atoms with van der Waals surface area (Å²) in [6.45, 7) is 7.33. The van der Waals surface area contributed by atoms with Crippen molar-refractivity contribution < 1.29 is 4.79 Å². The van der Waals surface area contributed by atoms with Crippen LogP contribution < -0.4 is 11.1 Å². The Morgan fingerprint density at radius 2 is 2.32 bits per heavy atom. The summed E-state index contributed by atoms with van der Waals surface area (Å²) in [6, 6.07) is 2.05. The summed E-state index contributed by atoms with van der Waals surface area (Å²) in [7, 11) is 0. The number of nitrogens with zero attached hydrogens (tertiary/aromatic N) is 1. The molecule has 3 N–H and O–H groups in total. The van der Waals surface area contributed by atoms with Gasteiger partial charge in [-0.25, -0.2) is 0 Å². The van der Waals surface area contributed by atoms with Crippen molar-refractivity contribution in [3.05, 3.63) is 18.0 Å². The molecular weight excluding hydrogens is 238 g/mol. The van der Waals surface area contributed by atoms with Crippen molar-refractivity contribution in [1.29, 1.82) is 0 Å². The summed E-state index contributed by atoms with van der Waals surface area (Å²) >= 11 is 0. The lowest BCUT2D eigenvalue weighted by Crippen LogP contribution is -2.41. The average Bonchev–Trinajstić information content (AvgIpc) is 2.69. The number of carbonyl (C=O) groups excluding carboxylic acids is 1. The molecule has 1 aromatic rings. The summed E-state index contributed by atoms with van der Waals surface area (Å²) in [4.78, 5) is 12.3. The van der Waals surface area contributed by atoms with Gasteiger partial charge in [-0.2, -0.15) is 0 Å². The van der Waals surface area contributed by atoms with Crippen LogP contribution in [-0.2, 0) is 6.54 Å². The van der Waals surface area contributed by atoms with Gasteiger partial charge >= 0.3 is 0 Å². The molecule has 4 heteroatoms. The molecule has 0 aromatic carbocycles. The second-order valence-electron chi connectivity index (χ2n) is 6.38. The second kappa shape index (κ2) is 5.27. The van der Waals surface area contributed by atoms with E-state index in [0.29, 0.717) is 16.8 Å². The molecule has 1 aromatic heterocycles. The quantitative estimate of drug-likeness (QED) is 0.881. The van der Waals surface area contributed by atoms with Crippen LogP contribution in [0.1, 0.15) is 56.9 Å². The van der Waals surface area contributed by atoms with Gasteiger partial charge in [0.1, 0.15) is 5.69 Å². The van der Waals surface area contributed by atoms with Crippen molar-refractivity contribution in [1.82, 2.24) is 9.88 Å². The minimum Gasteiger partial charge on any atom is -0.397 e. The van der Waals surface area contributed by atoms with E-state index in [1.165, 1.54) is 12.8 Å². The van der Waals surface area contributed by atoms with Crippen LogP contribution in [0.25, 0.3) is 0 Å². The number of nitrogen functional groups attached to an aromatic ring is 1. The third-order valence-corrected chi connectivity index (χ3v) is 4.03. The molecule has 4 nitrogen and oxygen atoms in total. The van der Waals surface area contributed by atoms with Gasteiger partial charge in [0.2, 0.25) is 0 Å². The zero-order valence-electron chi connectivity index (χ0n) is 12.2. The molecule has 0 saturated heterocycles. The van der Waals surface area contributed by atoms with Crippen molar-refractivity contribution in [3.63, 3.8) is 0 Å². The number of hydrogen-bond donors (Lipinski definition) is 2. The van der Waals surface area contributed by atoms with Crippen LogP contribution in [-0.4, -0.2) is 16.5 Å². The van der Waals surface area contributed by atoms with Gasteiger partial charge in [0.25, 0.3) is 5.91 Å². The second-order valence-corrected chi connectivity index (χ2v) is 6.38. The zero-order chi connectivity index (χ0) is 14.0. The van der Waals surface area contributed by atoms with Crippen LogP contribution in [0.4, 0.5) is 5.69 Å². The fourth-order valence-corrected chi connectivity index (χ4v) is 3.07. The van der Waals surface area contributed by atoms with Gasteiger partial charge in [-0.3, -0.25) is 4.79 Å². The Hall–Kier alpha value is -1.45. The van der Waals surface area contributed by atoms with Gasteiger partial charge in [-0.1, -0.05) is 20.3 Å². The van der Waals surface area contributed by atoms with Crippen molar-refractivity contribution in [2.75, 3.05) is 5.73 Å². The molecule has 1 aliphatic carbocycles. The number of anilines is 1. The number of carbonyl (C=O) groups is 1. The maximum Gasteiger partial charge on any atom is 0.268 e. The van der Waals surface area contributed by atoms with Crippen molar-refractivity contribution in [2.45, 2.75) is 59.0 Å². The van der Waals surface area contributed by atoms with Crippen molar-refractivity contribution in [3.8, 4) is 0 Å². The highest BCUT2D eigenvalue weighted by molar-refractivity contribution is 5.94. The fraction of sp³-hybridized carbons (Fsp3) is 0.667. The summed E-state index contributed by atoms with van der Waals surface area (Å²) in [5, 5.41) is 3.16. The molecule has 106 valence electrons. The van der Waals surface area contributed by atoms with Crippen molar-refractivity contribution in [2.24, 2.45) is 5.41 Å². The lowest BCUT2D eigenvalue weighted by molar-refractivity contribution is 0.0893. The number of aromatic nitrogens is 1. The Balaban J connectivity index is 2.04. The first-order valence-electron chi connectivity index (χ1n) is 7.18. The van der Waals surface area contributed by atoms with E-state index >= 15 is 0 Å². The van der Waals surface area contributed by atoms with E-state index in [2.05, 4.69) is 19.2 Å². The molecule has 1 atom stereocenters. The standard InChI is InChI=1S/C15H25N3O/c1-4-18-10-11(16)8-13(18)14(19)17-12-6-5-7-15(2,3)9-12/h8,10,12H,4-7,9,16H2,1-3H3,(H,17,19). The van der Waals surface area contributed by atoms with Crippen LogP contribution in [0, 0.1) is 5.41 Å². The molecule has 0 aliphatic heterocycles. The fourth-order valence-electron chi connectivity index (χ4n) is 3.07. The predicted octanol–water partition coefficient (Wildman–Crippen LogP) is 2.79. The van der Waals surface area contributed by atoms with E-state index in [1.54, 1.807) is 6.07 Å². The molecule has 0 spiro atoms. The lowest BCUT2D eigenvalue weighted by atomic mass is 9.75. The minimum absolute atomic E-state index is 0.00116. The molecule has 1 heterocycles. The summed E-state index contributed by atoms with van der Waals surface area (Å²) < 4.78 is 1.90. The molecule has 1 aliphatic rings. The lowest BCUT2D eigenvalue weighted by Gasteiger charge is -2.35. The van der Waals surface area contributed by atoms with Gasteiger partial charge in [-0.15, -0.1) is 0 Å². The van der Waals surface area contributed by atoms with E-state index < -0.39 is 0 Å². The third-order valence-electron chi connectivity index (χ3n) is 4.03. The summed E-state index contributed by atoms with van der Waals surface area (Å²) in [5.74, 6) is 0.00116. The topological polar surface area (TPSA) is 60.0 Å². The third kappa shape index (κ3) is 3.31. The predicted molar refractivity (Wildman–Crippen MR) is 78.0 cm³/mol. The number of nitrogens with one attached hydrogen (secondary N) is 1. The van der Waals surface area contributed by atoms with Gasteiger partial charge in [0.15, 0.2) is 0 Å². The Morgan fingerprint density at radius 1 is 1.58 bits per heavy atom. The maximum atomic E-state index is 12.3. The van der Waals surface area contributed by atoms with Crippen LogP contribution in [0.3, 0.4) is 0 Å². The van der Waals surface area contributed by atoms with E-state index in [1.807, 2.05) is 17.7 Å². The summed E-state index contributed by atoms with van der Waals surface area (Å²) in [6.07, 6.45) is 6.39. The number of amides is 1. The monoisotopic (exact) mass is 263 g/mol. The average molecular weight is 263 g/mol. The zero-order valence-corrected chi connectivity index (χ0v) is 12.2. The molecule has 1 fully saturated rings. The minimum atomic E-state index is 0.00116. The summed E-state index contributed by atoms with van der Waals surface area (Å²) in [5.41, 5.74) is 7.42. The van der Waals surface area contributed by atoms with Gasteiger partial charge in [0.05, 0.1) is 5.69 Å². The molecule has 0 radical (unpaired) electrons. The molecule has 2 rings (SSSR count). The highest BCUT2D eigenvalue weighted by Gasteiger charge is 2.29. The highest BCUT2D eigenvalue weighted by atomic mass is 16.2. The van der Waals surface area contributed by atoms with E-state index in [4.69, 9.17) is 5.73 Å². The molecule has 1 amide bonds. The van der Waals surface area contributed by atoms with Gasteiger partial charge < -0.3 is 15.6 Å². The first-order valence-corrected chi connectivity index (χ1v) is 7.18. The molecule has 1 unspecified atom stereocenters. The smallest absolute Gasteiger partial charge is 0.268 e. The Bertz CT molecular complexity index is 462. The van der Waals surface area contributed by atoms with Crippen LogP contribution >= 0.6 is 0 Å². The van der Waals surface area contributed by atoms with Crippen LogP contribution in [0.15, 0.2) is 12.3 Å². The Labute approximate surface area is 115 Å². The largest absolute Gasteiger partial charge is 0.397 e. The molecule has 19 heavy (non-hydrogen) atoms. The number of hydrogen-bond acceptors (Lipinski definition) is 2. The molecule has 1 saturated carbocycles. The SMILES string of the molecule is CCn1cc(N)cc1C(=O)NC1CCCC(C)(C)C1. The first-order chi connectivity index (χ1) is 8.91. The van der Waals surface area contributed by atoms with Crippen LogP contribution in [0.2, 0.25) is 0 Å². The Kier molecular flexibility index (Phi) is 3.88. The van der Waals surface area contributed by atoms with E-state index in [0.717, 1.165) is 19.4 Å². The van der Waals surface area contributed by atoms with E-state index in [9.17, 15) is 4.79 Å². The first kappa shape index (κ1) is 14.0. The number of rotatable bonds is 3. The van der Waals surface area contributed by atoms with E-state index in [-0.39, 0.29) is 11.9 Å². The van der Waals surface area contributed by atoms with Gasteiger partial charge in [-0.05, 0) is 37.7 Å². The molecule has 0 bridgehead atoms. The Morgan fingerprint density at radius 3 is 2.95 bits per heavy atom. The van der Waals surface area contributed by atoms with Crippen molar-refractivity contribution >= 4 is 11.6 Å². The maximum absolute atomic E-state index is 12.3.